The van der Waals surface area contributed by atoms with Crippen molar-refractivity contribution in [2.24, 2.45) is 0 Å². The van der Waals surface area contributed by atoms with Crippen LogP contribution in [0, 0.1) is 0 Å². The molecule has 1 saturated heterocycles. The number of hydrogen-bond acceptors (Lipinski definition) is 5. The van der Waals surface area contributed by atoms with E-state index < -0.39 is 0 Å². The zero-order chi connectivity index (χ0) is 20.9. The number of likely N-dealkylation sites (tertiary alicyclic amines) is 1. The molecule has 1 fully saturated rings. The maximum Gasteiger partial charge on any atom is 0.161 e. The summed E-state index contributed by atoms with van der Waals surface area (Å²) in [6, 6.07) is 17.2. The minimum absolute atomic E-state index is 0.125. The van der Waals surface area contributed by atoms with Gasteiger partial charge in [-0.3, -0.25) is 9.88 Å². The van der Waals surface area contributed by atoms with Gasteiger partial charge in [-0.1, -0.05) is 24.3 Å². The van der Waals surface area contributed by atoms with Gasteiger partial charge in [-0.05, 0) is 56.5 Å². The Labute approximate surface area is 179 Å². The first kappa shape index (κ1) is 20.5. The average molecular weight is 406 g/mol. The molecule has 1 aliphatic heterocycles. The highest BCUT2D eigenvalue weighted by Gasteiger charge is 2.20. The van der Waals surface area contributed by atoms with Gasteiger partial charge in [0, 0.05) is 42.9 Å². The lowest BCUT2D eigenvalue weighted by Gasteiger charge is -2.33. The number of nitrogens with zero attached hydrogens (tertiary/aromatic N) is 2. The van der Waals surface area contributed by atoms with Crippen molar-refractivity contribution in [1.29, 1.82) is 0 Å². The molecule has 0 radical (unpaired) electrons. The number of rotatable bonds is 7. The molecular weight excluding hydrogens is 374 g/mol. The number of ether oxygens (including phenoxy) is 2. The third-order valence-electron chi connectivity index (χ3n) is 5.59. The number of benzene rings is 2. The van der Waals surface area contributed by atoms with Crippen LogP contribution in [0.5, 0.6) is 11.5 Å². The van der Waals surface area contributed by atoms with E-state index in [2.05, 4.69) is 51.6 Å². The van der Waals surface area contributed by atoms with E-state index >= 15 is 0 Å². The van der Waals surface area contributed by atoms with Gasteiger partial charge in [0.05, 0.1) is 18.7 Å². The van der Waals surface area contributed by atoms with Crippen molar-refractivity contribution in [2.75, 3.05) is 25.5 Å². The quantitative estimate of drug-likeness (QED) is 0.592. The minimum Gasteiger partial charge on any atom is -0.493 e. The summed E-state index contributed by atoms with van der Waals surface area (Å²) >= 11 is 0. The van der Waals surface area contributed by atoms with E-state index in [1.54, 1.807) is 7.11 Å². The van der Waals surface area contributed by atoms with Gasteiger partial charge >= 0.3 is 0 Å². The molecule has 2 heterocycles. The Hall–Kier alpha value is -2.79. The van der Waals surface area contributed by atoms with Crippen LogP contribution in [-0.2, 0) is 6.54 Å². The molecule has 0 unspecified atom stereocenters. The zero-order valence-electron chi connectivity index (χ0n) is 18.1. The first-order valence-corrected chi connectivity index (χ1v) is 10.8. The van der Waals surface area contributed by atoms with Crippen LogP contribution in [-0.4, -0.2) is 42.2 Å². The van der Waals surface area contributed by atoms with E-state index in [1.165, 1.54) is 16.6 Å². The number of methoxy groups -OCH3 is 1. The lowest BCUT2D eigenvalue weighted by Crippen LogP contribution is -2.38. The average Bonchev–Trinajstić information content (AvgIpc) is 2.75. The predicted molar refractivity (Wildman–Crippen MR) is 122 cm³/mol. The highest BCUT2D eigenvalue weighted by Crippen LogP contribution is 2.30. The summed E-state index contributed by atoms with van der Waals surface area (Å²) in [7, 11) is 1.69. The molecule has 0 amide bonds. The van der Waals surface area contributed by atoms with Crippen molar-refractivity contribution in [3.63, 3.8) is 0 Å². The molecule has 0 atom stereocenters. The van der Waals surface area contributed by atoms with E-state index in [-0.39, 0.29) is 6.10 Å². The normalized spacial score (nSPS) is 15.5. The zero-order valence-corrected chi connectivity index (χ0v) is 18.1. The largest absolute Gasteiger partial charge is 0.493 e. The minimum atomic E-state index is 0.125. The second kappa shape index (κ2) is 9.35. The fourth-order valence-corrected chi connectivity index (χ4v) is 4.10. The number of hydrogen-bond donors (Lipinski definition) is 1. The topological polar surface area (TPSA) is 46.6 Å². The van der Waals surface area contributed by atoms with Crippen molar-refractivity contribution in [1.82, 2.24) is 9.88 Å². The van der Waals surface area contributed by atoms with Gasteiger partial charge in [0.25, 0.3) is 0 Å². The molecule has 0 spiro atoms. The van der Waals surface area contributed by atoms with Crippen molar-refractivity contribution < 1.29 is 9.47 Å². The molecule has 30 heavy (non-hydrogen) atoms. The van der Waals surface area contributed by atoms with Crippen LogP contribution < -0.4 is 14.8 Å². The number of anilines is 1. The van der Waals surface area contributed by atoms with Crippen LogP contribution in [0.3, 0.4) is 0 Å². The van der Waals surface area contributed by atoms with Crippen LogP contribution in [0.15, 0.2) is 54.7 Å². The van der Waals surface area contributed by atoms with Gasteiger partial charge in [-0.2, -0.15) is 0 Å². The van der Waals surface area contributed by atoms with E-state index in [9.17, 15) is 0 Å². The van der Waals surface area contributed by atoms with Crippen molar-refractivity contribution in [3.05, 3.63) is 60.3 Å². The van der Waals surface area contributed by atoms with E-state index in [0.717, 1.165) is 49.5 Å². The van der Waals surface area contributed by atoms with Crippen LogP contribution in [0.4, 0.5) is 5.69 Å². The lowest BCUT2D eigenvalue weighted by molar-refractivity contribution is 0.209. The molecule has 0 aliphatic carbocycles. The van der Waals surface area contributed by atoms with Gasteiger partial charge < -0.3 is 14.8 Å². The second-order valence-electron chi connectivity index (χ2n) is 8.22. The Balaban J connectivity index is 1.36. The molecule has 158 valence electrons. The molecule has 0 saturated carbocycles. The molecular formula is C25H31N3O2. The summed E-state index contributed by atoms with van der Waals surface area (Å²) in [6.45, 7) is 7.16. The number of para-hydroxylation sites is 1. The van der Waals surface area contributed by atoms with E-state index in [0.29, 0.717) is 6.04 Å². The summed E-state index contributed by atoms with van der Waals surface area (Å²) in [5.41, 5.74) is 3.49. The predicted octanol–water partition coefficient (Wildman–Crippen LogP) is 5.11. The molecule has 3 aromatic rings. The molecule has 4 rings (SSSR count). The Morgan fingerprint density at radius 1 is 1.07 bits per heavy atom. The summed E-state index contributed by atoms with van der Waals surface area (Å²) in [6.07, 6.45) is 4.27. The lowest BCUT2D eigenvalue weighted by atomic mass is 10.0. The Bertz CT molecular complexity index is 976. The number of fused-ring (bicyclic) bond motifs is 1. The summed E-state index contributed by atoms with van der Waals surface area (Å²) < 4.78 is 11.4. The number of piperidine rings is 1. The third kappa shape index (κ3) is 4.85. The van der Waals surface area contributed by atoms with Crippen molar-refractivity contribution in [3.8, 4) is 11.5 Å². The number of pyridine rings is 1. The molecule has 5 heteroatoms. The van der Waals surface area contributed by atoms with Crippen LogP contribution in [0.2, 0.25) is 0 Å². The van der Waals surface area contributed by atoms with E-state index in [1.807, 2.05) is 32.2 Å². The first-order valence-electron chi connectivity index (χ1n) is 10.8. The van der Waals surface area contributed by atoms with Gasteiger partial charge in [0.1, 0.15) is 0 Å². The van der Waals surface area contributed by atoms with Gasteiger partial charge in [0.2, 0.25) is 0 Å². The fraction of sp³-hybridized carbons (Fsp3) is 0.400. The Kier molecular flexibility index (Phi) is 6.38. The summed E-state index contributed by atoms with van der Waals surface area (Å²) in [5, 5.41) is 4.94. The monoisotopic (exact) mass is 405 g/mol. The van der Waals surface area contributed by atoms with Crippen molar-refractivity contribution >= 4 is 16.6 Å². The fourth-order valence-electron chi connectivity index (χ4n) is 4.10. The van der Waals surface area contributed by atoms with Crippen LogP contribution >= 0.6 is 0 Å². The standard InChI is InChI=1S/C25H31N3O2/c1-18(2)30-25-16-19(8-9-24(25)29-3)17-28-14-11-20(12-15-28)27-23-10-13-26-22-7-5-4-6-21(22)23/h4-10,13,16,18,20H,11-12,14-15,17H2,1-3H3,(H,26,27). The molecule has 5 nitrogen and oxygen atoms in total. The van der Waals surface area contributed by atoms with Crippen molar-refractivity contribution in [2.45, 2.75) is 45.4 Å². The molecule has 1 N–H and O–H groups in total. The van der Waals surface area contributed by atoms with Gasteiger partial charge in [-0.15, -0.1) is 0 Å². The molecule has 1 aliphatic rings. The highest BCUT2D eigenvalue weighted by atomic mass is 16.5. The molecule has 2 aromatic carbocycles. The molecule has 1 aromatic heterocycles. The maximum atomic E-state index is 5.93. The highest BCUT2D eigenvalue weighted by molar-refractivity contribution is 5.90. The Morgan fingerprint density at radius 2 is 1.87 bits per heavy atom. The maximum absolute atomic E-state index is 5.93. The van der Waals surface area contributed by atoms with Gasteiger partial charge in [-0.25, -0.2) is 0 Å². The first-order chi connectivity index (χ1) is 14.6. The van der Waals surface area contributed by atoms with E-state index in [4.69, 9.17) is 9.47 Å². The third-order valence-corrected chi connectivity index (χ3v) is 5.59. The van der Waals surface area contributed by atoms with Crippen LogP contribution in [0.25, 0.3) is 10.9 Å². The number of nitrogens with one attached hydrogen (secondary N) is 1. The smallest absolute Gasteiger partial charge is 0.161 e. The van der Waals surface area contributed by atoms with Crippen LogP contribution in [0.1, 0.15) is 32.3 Å². The van der Waals surface area contributed by atoms with Gasteiger partial charge in [0.15, 0.2) is 11.5 Å². The molecule has 0 bridgehead atoms. The number of aromatic nitrogens is 1. The Morgan fingerprint density at radius 3 is 2.63 bits per heavy atom. The summed E-state index contributed by atoms with van der Waals surface area (Å²) in [4.78, 5) is 6.98. The SMILES string of the molecule is COc1ccc(CN2CCC(Nc3ccnc4ccccc34)CC2)cc1OC(C)C. The second-order valence-corrected chi connectivity index (χ2v) is 8.22. The summed E-state index contributed by atoms with van der Waals surface area (Å²) in [5.74, 6) is 1.62.